The third kappa shape index (κ3) is 9.03. The minimum atomic E-state index is 0. The Bertz CT molecular complexity index is 731. The van der Waals surface area contributed by atoms with Crippen LogP contribution < -0.4 is 15.4 Å². The lowest BCUT2D eigenvalue weighted by Crippen LogP contribution is -2.38. The first kappa shape index (κ1) is 25.2. The molecule has 0 bridgehead atoms. The Morgan fingerprint density at radius 3 is 2.59 bits per heavy atom. The third-order valence-corrected chi connectivity index (χ3v) is 4.31. The van der Waals surface area contributed by atoms with Gasteiger partial charge in [0.2, 0.25) is 0 Å². The molecule has 1 aromatic carbocycles. The molecular formula is C21H34IN5O2. The van der Waals surface area contributed by atoms with Crippen molar-refractivity contribution < 1.29 is 9.47 Å². The summed E-state index contributed by atoms with van der Waals surface area (Å²) in [6.45, 7) is 7.72. The van der Waals surface area contributed by atoms with Crippen molar-refractivity contribution in [1.82, 2.24) is 20.4 Å². The second-order valence-corrected chi connectivity index (χ2v) is 6.47. The van der Waals surface area contributed by atoms with Crippen molar-refractivity contribution in [2.45, 2.75) is 39.8 Å². The van der Waals surface area contributed by atoms with Crippen LogP contribution in [0.4, 0.5) is 0 Å². The molecular weight excluding hydrogens is 481 g/mol. The Hall–Kier alpha value is -1.81. The number of aryl methyl sites for hydroxylation is 2. The van der Waals surface area contributed by atoms with Gasteiger partial charge in [-0.3, -0.25) is 4.68 Å². The van der Waals surface area contributed by atoms with Gasteiger partial charge in [-0.05, 0) is 37.5 Å². The van der Waals surface area contributed by atoms with Gasteiger partial charge in [0.1, 0.15) is 5.75 Å². The summed E-state index contributed by atoms with van der Waals surface area (Å²) in [5.74, 6) is 1.64. The number of benzene rings is 1. The number of guanidine groups is 1. The number of aromatic nitrogens is 2. The van der Waals surface area contributed by atoms with Gasteiger partial charge in [0.25, 0.3) is 0 Å². The number of nitrogens with zero attached hydrogens (tertiary/aromatic N) is 3. The molecule has 0 fully saturated rings. The molecule has 0 aliphatic rings. The number of nitrogens with one attached hydrogen (secondary N) is 2. The van der Waals surface area contributed by atoms with Gasteiger partial charge in [0.05, 0.1) is 19.3 Å². The quantitative estimate of drug-likeness (QED) is 0.208. The number of hydrogen-bond acceptors (Lipinski definition) is 4. The average molecular weight is 515 g/mol. The molecule has 0 aliphatic heterocycles. The van der Waals surface area contributed by atoms with E-state index >= 15 is 0 Å². The second-order valence-electron chi connectivity index (χ2n) is 6.47. The highest BCUT2D eigenvalue weighted by Crippen LogP contribution is 2.12. The van der Waals surface area contributed by atoms with Crippen LogP contribution in [0.1, 0.15) is 37.1 Å². The Balaban J connectivity index is 0.00000420. The summed E-state index contributed by atoms with van der Waals surface area (Å²) in [5, 5.41) is 11.3. The first-order valence-electron chi connectivity index (χ1n) is 9.90. The lowest BCUT2D eigenvalue weighted by molar-refractivity contribution is 0.145. The summed E-state index contributed by atoms with van der Waals surface area (Å²) < 4.78 is 12.5. The maximum atomic E-state index is 5.41. The van der Waals surface area contributed by atoms with Crippen LogP contribution in [0.25, 0.3) is 0 Å². The van der Waals surface area contributed by atoms with E-state index in [1.165, 1.54) is 5.56 Å². The largest absolute Gasteiger partial charge is 0.497 e. The summed E-state index contributed by atoms with van der Waals surface area (Å²) in [4.78, 5) is 4.73. The summed E-state index contributed by atoms with van der Waals surface area (Å²) >= 11 is 0. The smallest absolute Gasteiger partial charge is 0.191 e. The summed E-state index contributed by atoms with van der Waals surface area (Å²) in [6, 6.07) is 7.98. The fraction of sp³-hybridized carbons (Fsp3) is 0.524. The van der Waals surface area contributed by atoms with Gasteiger partial charge < -0.3 is 20.1 Å². The maximum absolute atomic E-state index is 5.41. The van der Waals surface area contributed by atoms with Gasteiger partial charge in [-0.2, -0.15) is 5.10 Å². The summed E-state index contributed by atoms with van der Waals surface area (Å²) in [5.41, 5.74) is 3.44. The van der Waals surface area contributed by atoms with E-state index in [0.717, 1.165) is 55.6 Å². The van der Waals surface area contributed by atoms with Crippen LogP contribution in [-0.4, -0.2) is 42.6 Å². The van der Waals surface area contributed by atoms with Crippen LogP contribution in [0.15, 0.2) is 35.5 Å². The minimum absolute atomic E-state index is 0. The highest BCUT2D eigenvalue weighted by molar-refractivity contribution is 14.0. The van der Waals surface area contributed by atoms with Gasteiger partial charge in [-0.15, -0.1) is 24.0 Å². The fourth-order valence-corrected chi connectivity index (χ4v) is 2.81. The van der Waals surface area contributed by atoms with E-state index in [4.69, 9.17) is 14.5 Å². The number of rotatable bonds is 11. The van der Waals surface area contributed by atoms with E-state index in [1.807, 2.05) is 42.9 Å². The first-order valence-corrected chi connectivity index (χ1v) is 9.90. The zero-order valence-electron chi connectivity index (χ0n) is 17.9. The molecule has 2 N–H and O–H groups in total. The van der Waals surface area contributed by atoms with Crippen molar-refractivity contribution in [3.05, 3.63) is 47.3 Å². The van der Waals surface area contributed by atoms with Gasteiger partial charge in [0.15, 0.2) is 5.96 Å². The Kier molecular flexibility index (Phi) is 12.4. The van der Waals surface area contributed by atoms with Crippen molar-refractivity contribution in [2.24, 2.45) is 12.0 Å². The molecule has 0 radical (unpaired) electrons. The molecule has 162 valence electrons. The van der Waals surface area contributed by atoms with Crippen LogP contribution >= 0.6 is 24.0 Å². The van der Waals surface area contributed by atoms with Crippen LogP contribution in [0.5, 0.6) is 5.75 Å². The Morgan fingerprint density at radius 1 is 1.17 bits per heavy atom. The van der Waals surface area contributed by atoms with Crippen LogP contribution in [0, 0.1) is 0 Å². The topological polar surface area (TPSA) is 72.7 Å². The zero-order valence-corrected chi connectivity index (χ0v) is 20.2. The molecule has 0 saturated carbocycles. The molecule has 2 rings (SSSR count). The molecule has 29 heavy (non-hydrogen) atoms. The van der Waals surface area contributed by atoms with E-state index in [1.54, 1.807) is 7.11 Å². The molecule has 2 aromatic rings. The van der Waals surface area contributed by atoms with E-state index in [0.29, 0.717) is 13.1 Å². The highest BCUT2D eigenvalue weighted by Gasteiger charge is 2.07. The van der Waals surface area contributed by atoms with E-state index < -0.39 is 0 Å². The van der Waals surface area contributed by atoms with E-state index in [-0.39, 0.29) is 24.0 Å². The maximum Gasteiger partial charge on any atom is 0.191 e. The fourth-order valence-electron chi connectivity index (χ4n) is 2.81. The molecule has 1 aromatic heterocycles. The van der Waals surface area contributed by atoms with Crippen molar-refractivity contribution in [1.29, 1.82) is 0 Å². The first-order chi connectivity index (χ1) is 13.7. The van der Waals surface area contributed by atoms with E-state index in [2.05, 4.69) is 28.9 Å². The normalized spacial score (nSPS) is 11.1. The summed E-state index contributed by atoms with van der Waals surface area (Å²) in [6.07, 6.45) is 3.91. The second kappa shape index (κ2) is 14.2. The Morgan fingerprint density at radius 2 is 1.93 bits per heavy atom. The zero-order chi connectivity index (χ0) is 20.2. The van der Waals surface area contributed by atoms with Gasteiger partial charge in [-0.25, -0.2) is 4.99 Å². The van der Waals surface area contributed by atoms with Crippen molar-refractivity contribution in [3.8, 4) is 5.75 Å². The standard InChI is InChI=1S/C21H33N5O2.HI/c1-5-20-18(16-26(3)25-20)15-24-21(22-12-7-13-28-6-2)23-14-17-8-10-19(27-4)11-9-17;/h8-11,16H,5-7,12-15H2,1-4H3,(H2,22,23,24);1H. The molecule has 0 saturated heterocycles. The number of hydrogen-bond donors (Lipinski definition) is 2. The minimum Gasteiger partial charge on any atom is -0.497 e. The third-order valence-electron chi connectivity index (χ3n) is 4.31. The SMILES string of the molecule is CCOCCCNC(=NCc1ccc(OC)cc1)NCc1cn(C)nc1CC.I. The van der Waals surface area contributed by atoms with Crippen molar-refractivity contribution in [3.63, 3.8) is 0 Å². The molecule has 7 nitrogen and oxygen atoms in total. The molecule has 0 atom stereocenters. The molecule has 0 spiro atoms. The molecule has 1 heterocycles. The van der Waals surface area contributed by atoms with Crippen LogP contribution in [0.2, 0.25) is 0 Å². The number of aliphatic imine (C=N–C) groups is 1. The van der Waals surface area contributed by atoms with Gasteiger partial charge >= 0.3 is 0 Å². The number of halogens is 1. The number of ether oxygens (including phenoxy) is 2. The average Bonchev–Trinajstić information content (AvgIpc) is 3.09. The predicted molar refractivity (Wildman–Crippen MR) is 128 cm³/mol. The van der Waals surface area contributed by atoms with E-state index in [9.17, 15) is 0 Å². The van der Waals surface area contributed by atoms with Crippen LogP contribution in [-0.2, 0) is 31.3 Å². The number of methoxy groups -OCH3 is 1. The van der Waals surface area contributed by atoms with Gasteiger partial charge in [0, 0.05) is 45.1 Å². The molecule has 8 heteroatoms. The van der Waals surface area contributed by atoms with Crippen molar-refractivity contribution in [2.75, 3.05) is 26.9 Å². The Labute approximate surface area is 191 Å². The predicted octanol–water partition coefficient (Wildman–Crippen LogP) is 3.27. The van der Waals surface area contributed by atoms with Crippen molar-refractivity contribution >= 4 is 29.9 Å². The van der Waals surface area contributed by atoms with Crippen LogP contribution in [0.3, 0.4) is 0 Å². The monoisotopic (exact) mass is 515 g/mol. The highest BCUT2D eigenvalue weighted by atomic mass is 127. The lowest BCUT2D eigenvalue weighted by atomic mass is 10.2. The summed E-state index contributed by atoms with van der Waals surface area (Å²) in [7, 11) is 3.62. The van der Waals surface area contributed by atoms with Gasteiger partial charge in [-0.1, -0.05) is 19.1 Å². The molecule has 0 amide bonds. The molecule has 0 aliphatic carbocycles. The molecule has 0 unspecified atom stereocenters. The lowest BCUT2D eigenvalue weighted by Gasteiger charge is -2.13.